The summed E-state index contributed by atoms with van der Waals surface area (Å²) in [6, 6.07) is 8.13. The van der Waals surface area contributed by atoms with Crippen molar-refractivity contribution in [1.82, 2.24) is 0 Å². The molecule has 0 atom stereocenters. The van der Waals surface area contributed by atoms with Crippen LogP contribution in [0.1, 0.15) is 19.4 Å². The van der Waals surface area contributed by atoms with Gasteiger partial charge in [-0.05, 0) is 55.7 Å². The zero-order valence-corrected chi connectivity index (χ0v) is 14.3. The highest BCUT2D eigenvalue weighted by molar-refractivity contribution is 7.89. The van der Waals surface area contributed by atoms with Crippen LogP contribution in [0, 0.1) is 0 Å². The van der Waals surface area contributed by atoms with Gasteiger partial charge in [-0.25, -0.2) is 0 Å². The Kier molecular flexibility index (Phi) is 3.62. The lowest BCUT2D eigenvalue weighted by Gasteiger charge is -2.34. The number of rotatable bonds is 3. The molecule has 1 aliphatic heterocycles. The first kappa shape index (κ1) is 15.3. The first-order valence-electron chi connectivity index (χ1n) is 6.40. The molecule has 1 aromatic carbocycles. The SMILES string of the molecule is CC1(C)OC(=S)Nc2ccc(OS(=O)(=O)c3cccs3)cc21. The molecule has 0 spiro atoms. The Morgan fingerprint density at radius 1 is 1.32 bits per heavy atom. The molecule has 2 aromatic rings. The third-order valence-electron chi connectivity index (χ3n) is 3.17. The lowest BCUT2D eigenvalue weighted by Crippen LogP contribution is -2.34. The highest BCUT2D eigenvalue weighted by Gasteiger charge is 2.32. The van der Waals surface area contributed by atoms with Gasteiger partial charge in [-0.2, -0.15) is 8.42 Å². The zero-order chi connectivity index (χ0) is 16.0. The van der Waals surface area contributed by atoms with Gasteiger partial charge in [0.05, 0.1) is 0 Å². The summed E-state index contributed by atoms with van der Waals surface area (Å²) in [7, 11) is -3.81. The van der Waals surface area contributed by atoms with Crippen LogP contribution in [-0.2, 0) is 20.5 Å². The molecule has 22 heavy (non-hydrogen) atoms. The summed E-state index contributed by atoms with van der Waals surface area (Å²) >= 11 is 6.16. The number of benzene rings is 1. The van der Waals surface area contributed by atoms with Crippen molar-refractivity contribution in [2.24, 2.45) is 0 Å². The fourth-order valence-electron chi connectivity index (χ4n) is 2.18. The first-order valence-corrected chi connectivity index (χ1v) is 9.10. The molecular weight excluding hydrogens is 342 g/mol. The molecule has 116 valence electrons. The van der Waals surface area contributed by atoms with Gasteiger partial charge in [0.15, 0.2) is 4.21 Å². The molecule has 0 aliphatic carbocycles. The third kappa shape index (κ3) is 2.81. The van der Waals surface area contributed by atoms with E-state index in [0.717, 1.165) is 22.6 Å². The van der Waals surface area contributed by atoms with Gasteiger partial charge in [0, 0.05) is 11.3 Å². The molecule has 3 rings (SSSR count). The smallest absolute Gasteiger partial charge is 0.348 e. The summed E-state index contributed by atoms with van der Waals surface area (Å²) < 4.78 is 35.3. The summed E-state index contributed by atoms with van der Waals surface area (Å²) in [6.45, 7) is 3.72. The minimum Gasteiger partial charge on any atom is -0.460 e. The Hall–Kier alpha value is -1.64. The minimum atomic E-state index is -3.81. The molecule has 0 amide bonds. The van der Waals surface area contributed by atoms with E-state index in [-0.39, 0.29) is 15.1 Å². The average Bonchev–Trinajstić information content (AvgIpc) is 2.93. The lowest BCUT2D eigenvalue weighted by molar-refractivity contribution is 0.0945. The van der Waals surface area contributed by atoms with Crippen LogP contribution in [0.3, 0.4) is 0 Å². The number of hydrogen-bond acceptors (Lipinski definition) is 6. The molecule has 5 nitrogen and oxygen atoms in total. The monoisotopic (exact) mass is 355 g/mol. The molecule has 1 aliphatic rings. The van der Waals surface area contributed by atoms with Crippen molar-refractivity contribution in [3.05, 3.63) is 41.3 Å². The van der Waals surface area contributed by atoms with Gasteiger partial charge in [-0.1, -0.05) is 6.07 Å². The topological polar surface area (TPSA) is 64.6 Å². The average molecular weight is 355 g/mol. The summed E-state index contributed by atoms with van der Waals surface area (Å²) in [4.78, 5) is 0. The number of ether oxygens (including phenoxy) is 1. The van der Waals surface area contributed by atoms with Crippen molar-refractivity contribution < 1.29 is 17.3 Å². The van der Waals surface area contributed by atoms with E-state index in [0.29, 0.717) is 0 Å². The van der Waals surface area contributed by atoms with Crippen LogP contribution in [0.2, 0.25) is 0 Å². The summed E-state index contributed by atoms with van der Waals surface area (Å²) in [5.41, 5.74) is 0.895. The van der Waals surface area contributed by atoms with E-state index in [9.17, 15) is 8.42 Å². The Balaban J connectivity index is 1.96. The van der Waals surface area contributed by atoms with Crippen LogP contribution in [-0.4, -0.2) is 13.6 Å². The summed E-state index contributed by atoms with van der Waals surface area (Å²) in [5.74, 6) is 0.235. The van der Waals surface area contributed by atoms with Gasteiger partial charge in [-0.3, -0.25) is 0 Å². The van der Waals surface area contributed by atoms with E-state index < -0.39 is 15.7 Å². The van der Waals surface area contributed by atoms with Crippen LogP contribution in [0.5, 0.6) is 5.75 Å². The van der Waals surface area contributed by atoms with Crippen LogP contribution >= 0.6 is 23.6 Å². The molecule has 2 heterocycles. The van der Waals surface area contributed by atoms with Gasteiger partial charge in [0.2, 0.25) is 0 Å². The molecule has 8 heteroatoms. The molecule has 1 N–H and O–H groups in total. The molecule has 1 aromatic heterocycles. The zero-order valence-electron chi connectivity index (χ0n) is 11.8. The van der Waals surface area contributed by atoms with Crippen LogP contribution in [0.25, 0.3) is 0 Å². The van der Waals surface area contributed by atoms with Gasteiger partial charge in [0.1, 0.15) is 11.4 Å². The second kappa shape index (κ2) is 5.22. The van der Waals surface area contributed by atoms with Gasteiger partial charge in [-0.15, -0.1) is 11.3 Å². The maximum Gasteiger partial charge on any atom is 0.348 e. The van der Waals surface area contributed by atoms with E-state index in [2.05, 4.69) is 5.32 Å². The number of fused-ring (bicyclic) bond motifs is 1. The number of thiocarbonyl (C=S) groups is 1. The predicted molar refractivity (Wildman–Crippen MR) is 88.9 cm³/mol. The van der Waals surface area contributed by atoms with Gasteiger partial charge in [0.25, 0.3) is 5.17 Å². The Labute approximate surface area is 138 Å². The van der Waals surface area contributed by atoms with E-state index in [1.165, 1.54) is 6.07 Å². The maximum atomic E-state index is 12.2. The summed E-state index contributed by atoms with van der Waals surface area (Å²) in [6.07, 6.45) is 0. The quantitative estimate of drug-likeness (QED) is 0.672. The molecule has 0 bridgehead atoms. The second-order valence-electron chi connectivity index (χ2n) is 5.20. The normalized spacial score (nSPS) is 16.4. The standard InChI is InChI=1S/C14H13NO4S3/c1-14(2)10-8-9(5-6-11(10)15-13(20)18-14)19-22(16,17)12-4-3-7-21-12/h3-8H,1-2H3,(H,15,20). The van der Waals surface area contributed by atoms with E-state index in [1.54, 1.807) is 29.6 Å². The van der Waals surface area contributed by atoms with E-state index >= 15 is 0 Å². The van der Waals surface area contributed by atoms with Crippen molar-refractivity contribution in [2.45, 2.75) is 23.7 Å². The Morgan fingerprint density at radius 3 is 2.77 bits per heavy atom. The number of hydrogen-bond donors (Lipinski definition) is 1. The highest BCUT2D eigenvalue weighted by atomic mass is 32.3. The van der Waals surface area contributed by atoms with Crippen molar-refractivity contribution in [3.8, 4) is 5.75 Å². The molecular formula is C14H13NO4S3. The largest absolute Gasteiger partial charge is 0.460 e. The van der Waals surface area contributed by atoms with Crippen LogP contribution in [0.15, 0.2) is 39.9 Å². The predicted octanol–water partition coefficient (Wildman–Crippen LogP) is 3.48. The van der Waals surface area contributed by atoms with Crippen molar-refractivity contribution in [3.63, 3.8) is 0 Å². The van der Waals surface area contributed by atoms with E-state index in [1.807, 2.05) is 13.8 Å². The number of nitrogens with one attached hydrogen (secondary N) is 1. The Morgan fingerprint density at radius 2 is 2.09 bits per heavy atom. The number of thiophene rings is 1. The van der Waals surface area contributed by atoms with Crippen molar-refractivity contribution >= 4 is 44.5 Å². The third-order valence-corrected chi connectivity index (χ3v) is 5.96. The Bertz CT molecular complexity index is 826. The fourth-order valence-corrected chi connectivity index (χ4v) is 4.37. The molecule has 0 saturated heterocycles. The highest BCUT2D eigenvalue weighted by Crippen LogP contribution is 2.38. The molecule has 0 unspecified atom stereocenters. The molecule has 0 saturated carbocycles. The molecule has 0 radical (unpaired) electrons. The van der Waals surface area contributed by atoms with Crippen molar-refractivity contribution in [1.29, 1.82) is 0 Å². The van der Waals surface area contributed by atoms with Crippen LogP contribution in [0.4, 0.5) is 5.69 Å². The van der Waals surface area contributed by atoms with E-state index in [4.69, 9.17) is 21.1 Å². The fraction of sp³-hybridized carbons (Fsp3) is 0.214. The van der Waals surface area contributed by atoms with Gasteiger partial charge < -0.3 is 14.2 Å². The second-order valence-corrected chi connectivity index (χ2v) is 8.29. The van der Waals surface area contributed by atoms with Crippen molar-refractivity contribution in [2.75, 3.05) is 5.32 Å². The first-order chi connectivity index (χ1) is 10.3. The summed E-state index contributed by atoms with van der Waals surface area (Å²) in [5, 5.41) is 4.91. The lowest BCUT2D eigenvalue weighted by atomic mass is 9.95. The van der Waals surface area contributed by atoms with Crippen LogP contribution < -0.4 is 9.50 Å². The molecule has 0 fully saturated rings. The minimum absolute atomic E-state index is 0.167. The van der Waals surface area contributed by atoms with Gasteiger partial charge >= 0.3 is 10.1 Å². The number of anilines is 1. The maximum absolute atomic E-state index is 12.2.